The average molecular weight is 306 g/mol. The zero-order valence-corrected chi connectivity index (χ0v) is 12.3. The number of amides is 1. The summed E-state index contributed by atoms with van der Waals surface area (Å²) in [6, 6.07) is 10.0. The Labute approximate surface area is 125 Å². The van der Waals surface area contributed by atoms with Crippen LogP contribution in [0.1, 0.15) is 23.7 Å². The fourth-order valence-electron chi connectivity index (χ4n) is 1.74. The number of nitrogens with two attached hydrogens (primary N) is 1. The van der Waals surface area contributed by atoms with E-state index in [2.05, 4.69) is 15.5 Å². The van der Waals surface area contributed by atoms with Crippen molar-refractivity contribution in [2.45, 2.75) is 28.5 Å². The largest absolute Gasteiger partial charge is 0.368 e. The number of primary amides is 1. The number of thioether (sulfide) groups is 1. The lowest BCUT2D eigenvalue weighted by Gasteiger charge is -2.10. The minimum atomic E-state index is -0.432. The van der Waals surface area contributed by atoms with Crippen molar-refractivity contribution in [2.24, 2.45) is 5.73 Å². The Balaban J connectivity index is 1.72. The van der Waals surface area contributed by atoms with Gasteiger partial charge in [-0.3, -0.25) is 4.79 Å². The molecule has 5 nitrogen and oxygen atoms in total. The molecule has 7 heteroatoms. The summed E-state index contributed by atoms with van der Waals surface area (Å²) in [5, 5.41) is 11.9. The lowest BCUT2D eigenvalue weighted by Crippen LogP contribution is -2.18. The second-order valence-electron chi connectivity index (χ2n) is 4.60. The molecular formula is C13H14N4OS2. The maximum atomic E-state index is 11.6. The summed E-state index contributed by atoms with van der Waals surface area (Å²) >= 11 is 2.81. The number of rotatable bonds is 6. The normalized spacial score (nSPS) is 15.8. The van der Waals surface area contributed by atoms with Crippen molar-refractivity contribution < 1.29 is 4.79 Å². The van der Waals surface area contributed by atoms with Crippen molar-refractivity contribution in [3.05, 3.63) is 35.9 Å². The van der Waals surface area contributed by atoms with Crippen molar-refractivity contribution >= 4 is 34.1 Å². The van der Waals surface area contributed by atoms with E-state index in [4.69, 9.17) is 5.73 Å². The molecular weight excluding hydrogens is 292 g/mol. The van der Waals surface area contributed by atoms with Crippen LogP contribution >= 0.6 is 23.1 Å². The van der Waals surface area contributed by atoms with E-state index in [0.29, 0.717) is 6.04 Å². The molecule has 1 aromatic carbocycles. The molecule has 1 amide bonds. The molecule has 3 rings (SSSR count). The van der Waals surface area contributed by atoms with Crippen molar-refractivity contribution in [1.82, 2.24) is 10.2 Å². The van der Waals surface area contributed by atoms with Crippen molar-refractivity contribution in [3.63, 3.8) is 0 Å². The Morgan fingerprint density at radius 2 is 2.10 bits per heavy atom. The molecule has 104 valence electrons. The molecule has 20 heavy (non-hydrogen) atoms. The highest BCUT2D eigenvalue weighted by Gasteiger charge is 2.24. The standard InChI is InChI=1S/C13H14N4OS2/c14-11(18)10(8-4-2-1-3-5-8)19-13-17-16-12(20-13)15-9-6-7-9/h1-5,9-10H,6-7H2,(H2,14,18)(H,15,16)/t10-/m0/s1. The first-order valence-electron chi connectivity index (χ1n) is 6.33. The number of nitrogens with zero attached hydrogens (tertiary/aromatic N) is 2. The minimum Gasteiger partial charge on any atom is -0.368 e. The van der Waals surface area contributed by atoms with Crippen LogP contribution in [0.15, 0.2) is 34.7 Å². The van der Waals surface area contributed by atoms with Crippen LogP contribution in [-0.2, 0) is 4.79 Å². The van der Waals surface area contributed by atoms with Gasteiger partial charge in [0.25, 0.3) is 0 Å². The molecule has 1 atom stereocenters. The molecule has 1 aromatic heterocycles. The number of carbonyl (C=O) groups excluding carboxylic acids is 1. The summed E-state index contributed by atoms with van der Waals surface area (Å²) in [6.07, 6.45) is 2.38. The van der Waals surface area contributed by atoms with Crippen LogP contribution in [0, 0.1) is 0 Å². The second-order valence-corrected chi connectivity index (χ2v) is 6.93. The maximum Gasteiger partial charge on any atom is 0.235 e. The molecule has 1 saturated carbocycles. The highest BCUT2D eigenvalue weighted by atomic mass is 32.2. The third-order valence-electron chi connectivity index (χ3n) is 2.89. The molecule has 1 aliphatic rings. The summed E-state index contributed by atoms with van der Waals surface area (Å²) in [4.78, 5) is 11.6. The average Bonchev–Trinajstić information content (AvgIpc) is 3.14. The van der Waals surface area contributed by atoms with Gasteiger partial charge < -0.3 is 11.1 Å². The highest BCUT2D eigenvalue weighted by Crippen LogP contribution is 2.38. The first kappa shape index (κ1) is 13.4. The number of nitrogens with one attached hydrogen (secondary N) is 1. The molecule has 0 bridgehead atoms. The third kappa shape index (κ3) is 3.29. The number of benzene rings is 1. The molecule has 0 saturated heterocycles. The van der Waals surface area contributed by atoms with Crippen LogP contribution in [0.3, 0.4) is 0 Å². The van der Waals surface area contributed by atoms with E-state index >= 15 is 0 Å². The maximum absolute atomic E-state index is 11.6. The van der Waals surface area contributed by atoms with E-state index in [-0.39, 0.29) is 5.91 Å². The van der Waals surface area contributed by atoms with Gasteiger partial charge in [0.1, 0.15) is 5.25 Å². The van der Waals surface area contributed by atoms with E-state index in [1.54, 1.807) is 0 Å². The van der Waals surface area contributed by atoms with Gasteiger partial charge in [0.05, 0.1) is 0 Å². The SMILES string of the molecule is NC(=O)[C@@H](Sc1nnc(NC2CC2)s1)c1ccccc1. The van der Waals surface area contributed by atoms with Gasteiger partial charge in [-0.15, -0.1) is 10.2 Å². The third-order valence-corrected chi connectivity index (χ3v) is 5.10. The van der Waals surface area contributed by atoms with Gasteiger partial charge in [0.15, 0.2) is 4.34 Å². The highest BCUT2D eigenvalue weighted by molar-refractivity contribution is 8.01. The number of hydrogen-bond donors (Lipinski definition) is 2. The van der Waals surface area contributed by atoms with E-state index in [1.165, 1.54) is 35.9 Å². The quantitative estimate of drug-likeness (QED) is 0.801. The topological polar surface area (TPSA) is 80.9 Å². The summed E-state index contributed by atoms with van der Waals surface area (Å²) in [6.45, 7) is 0. The Morgan fingerprint density at radius 3 is 2.75 bits per heavy atom. The van der Waals surface area contributed by atoms with Crippen LogP contribution in [-0.4, -0.2) is 22.1 Å². The first-order valence-corrected chi connectivity index (χ1v) is 8.03. The van der Waals surface area contributed by atoms with Gasteiger partial charge in [-0.2, -0.15) is 0 Å². The molecule has 0 radical (unpaired) electrons. The lowest BCUT2D eigenvalue weighted by molar-refractivity contribution is -0.117. The molecule has 0 spiro atoms. The monoisotopic (exact) mass is 306 g/mol. The van der Waals surface area contributed by atoms with Gasteiger partial charge in [-0.05, 0) is 18.4 Å². The fourth-order valence-corrected chi connectivity index (χ4v) is 3.71. The lowest BCUT2D eigenvalue weighted by atomic mass is 10.1. The van der Waals surface area contributed by atoms with Crippen LogP contribution < -0.4 is 11.1 Å². The van der Waals surface area contributed by atoms with Crippen molar-refractivity contribution in [1.29, 1.82) is 0 Å². The number of hydrogen-bond acceptors (Lipinski definition) is 6. The second kappa shape index (κ2) is 5.80. The zero-order chi connectivity index (χ0) is 13.9. The van der Waals surface area contributed by atoms with Gasteiger partial charge in [-0.1, -0.05) is 53.4 Å². The van der Waals surface area contributed by atoms with E-state index < -0.39 is 5.25 Å². The van der Waals surface area contributed by atoms with Crippen LogP contribution in [0.4, 0.5) is 5.13 Å². The minimum absolute atomic E-state index is 0.367. The molecule has 2 aromatic rings. The fraction of sp³-hybridized carbons (Fsp3) is 0.308. The van der Waals surface area contributed by atoms with Gasteiger partial charge in [-0.25, -0.2) is 0 Å². The summed E-state index contributed by atoms with van der Waals surface area (Å²) < 4.78 is 0.751. The Kier molecular flexibility index (Phi) is 3.88. The molecule has 0 aliphatic heterocycles. The molecule has 1 heterocycles. The first-order chi connectivity index (χ1) is 9.72. The predicted octanol–water partition coefficient (Wildman–Crippen LogP) is 2.43. The van der Waals surface area contributed by atoms with Crippen molar-refractivity contribution in [2.75, 3.05) is 5.32 Å². The summed E-state index contributed by atoms with van der Waals surface area (Å²) in [5.41, 5.74) is 6.38. The van der Waals surface area contributed by atoms with E-state index in [1.807, 2.05) is 30.3 Å². The van der Waals surface area contributed by atoms with Crippen LogP contribution in [0.25, 0.3) is 0 Å². The Bertz CT molecular complexity index is 597. The smallest absolute Gasteiger partial charge is 0.235 e. The van der Waals surface area contributed by atoms with Gasteiger partial charge >= 0.3 is 0 Å². The van der Waals surface area contributed by atoms with Gasteiger partial charge in [0.2, 0.25) is 11.0 Å². The van der Waals surface area contributed by atoms with E-state index in [0.717, 1.165) is 15.0 Å². The Morgan fingerprint density at radius 1 is 1.35 bits per heavy atom. The van der Waals surface area contributed by atoms with Crippen LogP contribution in [0.2, 0.25) is 0 Å². The molecule has 0 unspecified atom stereocenters. The molecule has 1 fully saturated rings. The Hall–Kier alpha value is -1.60. The number of carbonyl (C=O) groups is 1. The van der Waals surface area contributed by atoms with Gasteiger partial charge in [0, 0.05) is 6.04 Å². The zero-order valence-electron chi connectivity index (χ0n) is 10.7. The molecule has 3 N–H and O–H groups in total. The van der Waals surface area contributed by atoms with E-state index in [9.17, 15) is 4.79 Å². The van der Waals surface area contributed by atoms with Crippen molar-refractivity contribution in [3.8, 4) is 0 Å². The summed E-state index contributed by atoms with van der Waals surface area (Å²) in [5.74, 6) is -0.367. The number of aromatic nitrogens is 2. The predicted molar refractivity (Wildman–Crippen MR) is 80.8 cm³/mol. The number of anilines is 1. The molecule has 1 aliphatic carbocycles. The van der Waals surface area contributed by atoms with Crippen LogP contribution in [0.5, 0.6) is 0 Å². The summed E-state index contributed by atoms with van der Waals surface area (Å²) in [7, 11) is 0.